The van der Waals surface area contributed by atoms with Crippen LogP contribution in [0.1, 0.15) is 64.6 Å². The van der Waals surface area contributed by atoms with Crippen LogP contribution in [0, 0.1) is 32.1 Å². The first kappa shape index (κ1) is 23.1. The van der Waals surface area contributed by atoms with Gasteiger partial charge in [0.1, 0.15) is 12.7 Å². The number of hydrogen-bond donors (Lipinski definition) is 1. The van der Waals surface area contributed by atoms with E-state index < -0.39 is 11.4 Å². The van der Waals surface area contributed by atoms with E-state index in [0.29, 0.717) is 28.2 Å². The minimum Gasteiger partial charge on any atom is -0.486 e. The molecule has 2 amide bonds. The summed E-state index contributed by atoms with van der Waals surface area (Å²) in [5.41, 5.74) is 5.55. The van der Waals surface area contributed by atoms with Gasteiger partial charge in [0.2, 0.25) is 0 Å². The number of aryl methyl sites for hydroxylation is 2. The Morgan fingerprint density at radius 3 is 2.41 bits per heavy atom. The summed E-state index contributed by atoms with van der Waals surface area (Å²) in [6.45, 7) is 11.5. The Hall–Kier alpha value is -3.53. The standard InChI is InChI=1S/C25H29N3O4/c1-15-11-16(2)13-18(12-15)24(30)28(25(4,5)6)27-23(29)20-7-8-21-22(17(20)3)32-19(9-10-26)14-31-21/h7-8,11-13,19H,9,14H2,1-6H3,(H,27,29)/t19-/m0/s1. The van der Waals surface area contributed by atoms with Crippen molar-refractivity contribution in [2.75, 3.05) is 6.61 Å². The summed E-state index contributed by atoms with van der Waals surface area (Å²) >= 11 is 0. The van der Waals surface area contributed by atoms with Crippen LogP contribution >= 0.6 is 0 Å². The highest BCUT2D eigenvalue weighted by Gasteiger charge is 2.31. The van der Waals surface area contributed by atoms with Crippen LogP contribution in [-0.2, 0) is 0 Å². The number of hydrogen-bond acceptors (Lipinski definition) is 5. The zero-order valence-electron chi connectivity index (χ0n) is 19.4. The van der Waals surface area contributed by atoms with E-state index in [9.17, 15) is 9.59 Å². The van der Waals surface area contributed by atoms with Gasteiger partial charge in [-0.05, 0) is 65.8 Å². The Kier molecular flexibility index (Phi) is 6.45. The van der Waals surface area contributed by atoms with E-state index >= 15 is 0 Å². The van der Waals surface area contributed by atoms with Crippen molar-refractivity contribution >= 4 is 11.8 Å². The van der Waals surface area contributed by atoms with Crippen LogP contribution in [0.15, 0.2) is 30.3 Å². The number of hydrazine groups is 1. The molecule has 1 N–H and O–H groups in total. The number of carbonyl (C=O) groups excluding carboxylic acids is 2. The molecule has 0 radical (unpaired) electrons. The molecular formula is C25H29N3O4. The van der Waals surface area contributed by atoms with Crippen molar-refractivity contribution < 1.29 is 19.1 Å². The third kappa shape index (κ3) is 4.86. The molecule has 0 saturated heterocycles. The fourth-order valence-electron chi connectivity index (χ4n) is 3.67. The fourth-order valence-corrected chi connectivity index (χ4v) is 3.67. The molecule has 2 aromatic carbocycles. The lowest BCUT2D eigenvalue weighted by atomic mass is 10.0. The van der Waals surface area contributed by atoms with E-state index in [2.05, 4.69) is 11.5 Å². The Labute approximate surface area is 188 Å². The monoisotopic (exact) mass is 435 g/mol. The lowest BCUT2D eigenvalue weighted by Gasteiger charge is -2.36. The second-order valence-corrected chi connectivity index (χ2v) is 9.11. The molecule has 1 aliphatic heterocycles. The van der Waals surface area contributed by atoms with E-state index in [-0.39, 0.29) is 25.0 Å². The van der Waals surface area contributed by atoms with Gasteiger partial charge in [-0.1, -0.05) is 17.2 Å². The summed E-state index contributed by atoms with van der Waals surface area (Å²) in [5.74, 6) is 0.269. The van der Waals surface area contributed by atoms with Crippen LogP contribution in [0.4, 0.5) is 0 Å². The average Bonchev–Trinajstić information content (AvgIpc) is 2.70. The van der Waals surface area contributed by atoms with Crippen molar-refractivity contribution in [1.82, 2.24) is 10.4 Å². The molecule has 0 spiro atoms. The van der Waals surface area contributed by atoms with E-state index in [1.807, 2.05) is 52.8 Å². The number of rotatable bonds is 3. The number of nitrogens with zero attached hydrogens (tertiary/aromatic N) is 2. The highest BCUT2D eigenvalue weighted by molar-refractivity contribution is 6.00. The Bertz CT molecular complexity index is 1080. The Balaban J connectivity index is 1.90. The van der Waals surface area contributed by atoms with E-state index in [4.69, 9.17) is 14.7 Å². The normalized spacial score (nSPS) is 15.0. The molecule has 0 fully saturated rings. The number of ether oxygens (including phenoxy) is 2. The van der Waals surface area contributed by atoms with Gasteiger partial charge in [-0.2, -0.15) is 5.26 Å². The van der Waals surface area contributed by atoms with Crippen LogP contribution in [0.3, 0.4) is 0 Å². The van der Waals surface area contributed by atoms with Crippen LogP contribution in [0.25, 0.3) is 0 Å². The second-order valence-electron chi connectivity index (χ2n) is 9.11. The van der Waals surface area contributed by atoms with Crippen molar-refractivity contribution in [3.05, 3.63) is 58.1 Å². The molecule has 0 aromatic heterocycles. The smallest absolute Gasteiger partial charge is 0.272 e. The van der Waals surface area contributed by atoms with Gasteiger partial charge in [-0.15, -0.1) is 0 Å². The topological polar surface area (TPSA) is 91.7 Å². The SMILES string of the molecule is Cc1cc(C)cc(C(=O)N(NC(=O)c2ccc3c(c2C)O[C@@H](CC#N)CO3)C(C)(C)C)c1. The van der Waals surface area contributed by atoms with Gasteiger partial charge in [0, 0.05) is 16.7 Å². The van der Waals surface area contributed by atoms with Crippen LogP contribution in [0.5, 0.6) is 11.5 Å². The lowest BCUT2D eigenvalue weighted by Crippen LogP contribution is -2.56. The van der Waals surface area contributed by atoms with Gasteiger partial charge in [-0.25, -0.2) is 5.01 Å². The average molecular weight is 436 g/mol. The molecule has 0 aliphatic carbocycles. The van der Waals surface area contributed by atoms with E-state index in [0.717, 1.165) is 11.1 Å². The van der Waals surface area contributed by atoms with Gasteiger partial charge in [-0.3, -0.25) is 15.0 Å². The molecule has 1 aliphatic rings. The number of nitriles is 1. The highest BCUT2D eigenvalue weighted by atomic mass is 16.6. The summed E-state index contributed by atoms with van der Waals surface area (Å²) in [6, 6.07) is 11.0. The maximum absolute atomic E-state index is 13.3. The maximum atomic E-state index is 13.3. The van der Waals surface area contributed by atoms with Crippen molar-refractivity contribution in [2.24, 2.45) is 0 Å². The molecule has 7 nitrogen and oxygen atoms in total. The van der Waals surface area contributed by atoms with E-state index in [1.165, 1.54) is 5.01 Å². The molecule has 168 valence electrons. The highest BCUT2D eigenvalue weighted by Crippen LogP contribution is 2.37. The van der Waals surface area contributed by atoms with Gasteiger partial charge in [0.25, 0.3) is 11.8 Å². The summed E-state index contributed by atoms with van der Waals surface area (Å²) in [4.78, 5) is 26.6. The first-order valence-corrected chi connectivity index (χ1v) is 10.5. The first-order valence-electron chi connectivity index (χ1n) is 10.5. The number of benzene rings is 2. The molecule has 7 heteroatoms. The Morgan fingerprint density at radius 2 is 1.81 bits per heavy atom. The molecule has 0 bridgehead atoms. The fraction of sp³-hybridized carbons (Fsp3) is 0.400. The van der Waals surface area contributed by atoms with Gasteiger partial charge < -0.3 is 9.47 Å². The number of carbonyl (C=O) groups is 2. The van der Waals surface area contributed by atoms with Crippen molar-refractivity contribution in [1.29, 1.82) is 5.26 Å². The number of amides is 2. The molecule has 32 heavy (non-hydrogen) atoms. The lowest BCUT2D eigenvalue weighted by molar-refractivity contribution is 0.0357. The zero-order chi connectivity index (χ0) is 23.6. The molecule has 0 saturated carbocycles. The predicted molar refractivity (Wildman–Crippen MR) is 121 cm³/mol. The van der Waals surface area contributed by atoms with Crippen molar-refractivity contribution in [3.8, 4) is 17.6 Å². The zero-order valence-corrected chi connectivity index (χ0v) is 19.4. The van der Waals surface area contributed by atoms with Crippen LogP contribution < -0.4 is 14.9 Å². The number of nitrogens with one attached hydrogen (secondary N) is 1. The first-order chi connectivity index (χ1) is 15.0. The van der Waals surface area contributed by atoms with Gasteiger partial charge >= 0.3 is 0 Å². The minimum absolute atomic E-state index is 0.192. The maximum Gasteiger partial charge on any atom is 0.272 e. The quantitative estimate of drug-likeness (QED) is 0.728. The van der Waals surface area contributed by atoms with Crippen LogP contribution in [0.2, 0.25) is 0 Å². The molecule has 3 rings (SSSR count). The Morgan fingerprint density at radius 1 is 1.16 bits per heavy atom. The summed E-state index contributed by atoms with van der Waals surface area (Å²) in [7, 11) is 0. The van der Waals surface area contributed by atoms with Crippen LogP contribution in [-0.4, -0.2) is 35.1 Å². The summed E-state index contributed by atoms with van der Waals surface area (Å²) < 4.78 is 11.6. The molecule has 0 unspecified atom stereocenters. The third-order valence-electron chi connectivity index (χ3n) is 5.20. The number of fused-ring (bicyclic) bond motifs is 1. The summed E-state index contributed by atoms with van der Waals surface area (Å²) in [6.07, 6.45) is -0.195. The predicted octanol–water partition coefficient (Wildman–Crippen LogP) is 4.25. The molecule has 2 aromatic rings. The third-order valence-corrected chi connectivity index (χ3v) is 5.20. The molecule has 1 heterocycles. The van der Waals surface area contributed by atoms with Gasteiger partial charge in [0.15, 0.2) is 11.5 Å². The van der Waals surface area contributed by atoms with Crippen molar-refractivity contribution in [3.63, 3.8) is 0 Å². The van der Waals surface area contributed by atoms with E-state index in [1.54, 1.807) is 19.1 Å². The molecule has 1 atom stereocenters. The minimum atomic E-state index is -0.663. The van der Waals surface area contributed by atoms with Gasteiger partial charge in [0.05, 0.1) is 18.0 Å². The largest absolute Gasteiger partial charge is 0.486 e. The molecular weight excluding hydrogens is 406 g/mol. The summed E-state index contributed by atoms with van der Waals surface area (Å²) in [5, 5.41) is 10.3. The van der Waals surface area contributed by atoms with Crippen molar-refractivity contribution in [2.45, 2.75) is 59.6 Å². The second kappa shape index (κ2) is 8.91.